The van der Waals surface area contributed by atoms with Crippen molar-refractivity contribution in [2.45, 2.75) is 32.1 Å². The number of halogens is 2. The maximum absolute atomic E-state index is 14.3. The summed E-state index contributed by atoms with van der Waals surface area (Å²) in [5, 5.41) is 3.47. The number of ether oxygens (including phenoxy) is 1. The van der Waals surface area contributed by atoms with Gasteiger partial charge in [-0.15, -0.1) is 12.4 Å². The first-order chi connectivity index (χ1) is 13.1. The lowest BCUT2D eigenvalue weighted by Gasteiger charge is -2.21. The standard InChI is InChI=1S/C22H27FN2O2.ClH/c23-21-14-18(22(24)26)9-10-20(21)17-7-4-8-19(13-17)27-12-11-25-15-16-5-2-1-3-6-16;/h4,7-10,13-14,16,25H,1-3,5-6,11-12,15H2,(H2,24,26);1H. The van der Waals surface area contributed by atoms with Crippen LogP contribution in [0.25, 0.3) is 11.1 Å². The fraction of sp³-hybridized carbons (Fsp3) is 0.409. The summed E-state index contributed by atoms with van der Waals surface area (Å²) in [6, 6.07) is 11.6. The van der Waals surface area contributed by atoms with Gasteiger partial charge in [0.05, 0.1) is 0 Å². The van der Waals surface area contributed by atoms with Crippen LogP contribution >= 0.6 is 12.4 Å². The van der Waals surface area contributed by atoms with Gasteiger partial charge in [-0.1, -0.05) is 37.5 Å². The molecule has 1 amide bonds. The Hall–Kier alpha value is -2.11. The molecule has 6 heteroatoms. The van der Waals surface area contributed by atoms with E-state index in [4.69, 9.17) is 10.5 Å². The van der Waals surface area contributed by atoms with Crippen LogP contribution in [-0.2, 0) is 0 Å². The Labute approximate surface area is 172 Å². The SMILES string of the molecule is Cl.NC(=O)c1ccc(-c2cccc(OCCNCC3CCCCC3)c2)c(F)c1. The summed E-state index contributed by atoms with van der Waals surface area (Å²) >= 11 is 0. The number of nitrogens with one attached hydrogen (secondary N) is 1. The molecule has 152 valence electrons. The first-order valence-electron chi connectivity index (χ1n) is 9.67. The van der Waals surface area contributed by atoms with E-state index in [-0.39, 0.29) is 18.0 Å². The molecule has 0 radical (unpaired) electrons. The van der Waals surface area contributed by atoms with E-state index in [1.807, 2.05) is 24.3 Å². The minimum atomic E-state index is -0.640. The predicted molar refractivity (Wildman–Crippen MR) is 113 cm³/mol. The van der Waals surface area contributed by atoms with Crippen LogP contribution in [-0.4, -0.2) is 25.6 Å². The van der Waals surface area contributed by atoms with Crippen molar-refractivity contribution in [3.05, 3.63) is 53.8 Å². The summed E-state index contributed by atoms with van der Waals surface area (Å²) in [4.78, 5) is 11.2. The Kier molecular flexibility index (Phi) is 8.74. The minimum Gasteiger partial charge on any atom is -0.492 e. The van der Waals surface area contributed by atoms with Gasteiger partial charge in [0.25, 0.3) is 0 Å². The molecule has 0 atom stereocenters. The van der Waals surface area contributed by atoms with E-state index >= 15 is 0 Å². The van der Waals surface area contributed by atoms with Gasteiger partial charge in [0.2, 0.25) is 5.91 Å². The maximum Gasteiger partial charge on any atom is 0.248 e. The minimum absolute atomic E-state index is 0. The number of benzene rings is 2. The number of rotatable bonds is 8. The normalized spacial score (nSPS) is 14.3. The van der Waals surface area contributed by atoms with E-state index in [2.05, 4.69) is 5.32 Å². The van der Waals surface area contributed by atoms with Crippen LogP contribution in [0.15, 0.2) is 42.5 Å². The number of hydrogen-bond acceptors (Lipinski definition) is 3. The third kappa shape index (κ3) is 6.21. The second kappa shape index (κ2) is 11.0. The molecule has 0 aromatic heterocycles. The van der Waals surface area contributed by atoms with E-state index in [1.165, 1.54) is 44.2 Å². The van der Waals surface area contributed by atoms with Gasteiger partial charge in [-0.05, 0) is 55.1 Å². The molecule has 1 aliphatic rings. The molecular weight excluding hydrogens is 379 g/mol. The zero-order valence-corrected chi connectivity index (χ0v) is 16.8. The molecule has 4 nitrogen and oxygen atoms in total. The molecule has 0 aliphatic heterocycles. The molecule has 1 saturated carbocycles. The molecule has 28 heavy (non-hydrogen) atoms. The number of primary amides is 1. The Morgan fingerprint density at radius 2 is 1.93 bits per heavy atom. The van der Waals surface area contributed by atoms with Crippen molar-refractivity contribution in [3.63, 3.8) is 0 Å². The molecule has 0 heterocycles. The number of hydrogen-bond donors (Lipinski definition) is 2. The first-order valence-corrected chi connectivity index (χ1v) is 9.67. The van der Waals surface area contributed by atoms with Crippen LogP contribution in [0.3, 0.4) is 0 Å². The van der Waals surface area contributed by atoms with Crippen molar-refractivity contribution in [2.24, 2.45) is 11.7 Å². The quantitative estimate of drug-likeness (QED) is 0.631. The monoisotopic (exact) mass is 406 g/mol. The van der Waals surface area contributed by atoms with Crippen LogP contribution in [0.5, 0.6) is 5.75 Å². The van der Waals surface area contributed by atoms with Gasteiger partial charge >= 0.3 is 0 Å². The van der Waals surface area contributed by atoms with Crippen LogP contribution in [0.1, 0.15) is 42.5 Å². The largest absolute Gasteiger partial charge is 0.492 e. The van der Waals surface area contributed by atoms with Crippen molar-refractivity contribution >= 4 is 18.3 Å². The van der Waals surface area contributed by atoms with Gasteiger partial charge in [-0.25, -0.2) is 4.39 Å². The van der Waals surface area contributed by atoms with Gasteiger partial charge in [-0.2, -0.15) is 0 Å². The highest BCUT2D eigenvalue weighted by Gasteiger charge is 2.12. The molecule has 1 aliphatic carbocycles. The Bertz CT molecular complexity index is 779. The number of carbonyl (C=O) groups is 1. The van der Waals surface area contributed by atoms with Gasteiger partial charge in [0.1, 0.15) is 18.2 Å². The van der Waals surface area contributed by atoms with Crippen LogP contribution < -0.4 is 15.8 Å². The molecule has 0 saturated heterocycles. The van der Waals surface area contributed by atoms with Crippen molar-refractivity contribution in [1.29, 1.82) is 0 Å². The molecule has 3 N–H and O–H groups in total. The van der Waals surface area contributed by atoms with E-state index in [0.717, 1.165) is 19.0 Å². The molecule has 3 rings (SSSR count). The third-order valence-corrected chi connectivity index (χ3v) is 5.10. The molecular formula is C22H28ClFN2O2. The summed E-state index contributed by atoms with van der Waals surface area (Å²) in [5.41, 5.74) is 6.47. The van der Waals surface area contributed by atoms with Crippen LogP contribution in [0, 0.1) is 11.7 Å². The molecule has 1 fully saturated rings. The lowest BCUT2D eigenvalue weighted by molar-refractivity contribution is 0.1000. The lowest BCUT2D eigenvalue weighted by Crippen LogP contribution is -2.28. The highest BCUT2D eigenvalue weighted by molar-refractivity contribution is 5.93. The van der Waals surface area contributed by atoms with E-state index in [1.54, 1.807) is 6.07 Å². The second-order valence-electron chi connectivity index (χ2n) is 7.14. The van der Waals surface area contributed by atoms with Crippen molar-refractivity contribution in [1.82, 2.24) is 5.32 Å². The summed E-state index contributed by atoms with van der Waals surface area (Å²) in [5.74, 6) is 0.384. The summed E-state index contributed by atoms with van der Waals surface area (Å²) in [7, 11) is 0. The van der Waals surface area contributed by atoms with Crippen molar-refractivity contribution in [2.75, 3.05) is 19.7 Å². The molecule has 0 unspecified atom stereocenters. The van der Waals surface area contributed by atoms with E-state index in [0.29, 0.717) is 23.5 Å². The van der Waals surface area contributed by atoms with Crippen LogP contribution in [0.4, 0.5) is 4.39 Å². The van der Waals surface area contributed by atoms with E-state index in [9.17, 15) is 9.18 Å². The molecule has 2 aromatic rings. The zero-order chi connectivity index (χ0) is 19.1. The number of nitrogens with two attached hydrogens (primary N) is 1. The number of carbonyl (C=O) groups excluding carboxylic acids is 1. The van der Waals surface area contributed by atoms with Crippen molar-refractivity contribution in [3.8, 4) is 16.9 Å². The number of amides is 1. The topological polar surface area (TPSA) is 64.4 Å². The Morgan fingerprint density at radius 1 is 1.14 bits per heavy atom. The fourth-order valence-electron chi connectivity index (χ4n) is 3.59. The summed E-state index contributed by atoms with van der Waals surface area (Å²) < 4.78 is 20.1. The predicted octanol–water partition coefficient (Wildman–Crippen LogP) is 4.56. The lowest BCUT2D eigenvalue weighted by atomic mass is 9.89. The molecule has 2 aromatic carbocycles. The molecule has 0 bridgehead atoms. The maximum atomic E-state index is 14.3. The van der Waals surface area contributed by atoms with Gasteiger partial charge in [0.15, 0.2) is 0 Å². The highest BCUT2D eigenvalue weighted by Crippen LogP contribution is 2.27. The average molecular weight is 407 g/mol. The Morgan fingerprint density at radius 3 is 2.64 bits per heavy atom. The van der Waals surface area contributed by atoms with Gasteiger partial charge in [-0.3, -0.25) is 4.79 Å². The molecule has 0 spiro atoms. The van der Waals surface area contributed by atoms with Crippen molar-refractivity contribution < 1.29 is 13.9 Å². The third-order valence-electron chi connectivity index (χ3n) is 5.10. The smallest absolute Gasteiger partial charge is 0.248 e. The first kappa shape index (κ1) is 22.2. The van der Waals surface area contributed by atoms with Crippen LogP contribution in [0.2, 0.25) is 0 Å². The summed E-state index contributed by atoms with van der Waals surface area (Å²) in [6.45, 7) is 2.42. The Balaban J connectivity index is 0.00000280. The highest BCUT2D eigenvalue weighted by atomic mass is 35.5. The van der Waals surface area contributed by atoms with Gasteiger partial charge in [0, 0.05) is 17.7 Å². The van der Waals surface area contributed by atoms with E-state index < -0.39 is 11.7 Å². The second-order valence-corrected chi connectivity index (χ2v) is 7.14. The zero-order valence-electron chi connectivity index (χ0n) is 16.0. The van der Waals surface area contributed by atoms with Gasteiger partial charge < -0.3 is 15.8 Å². The fourth-order valence-corrected chi connectivity index (χ4v) is 3.59. The average Bonchev–Trinajstić information content (AvgIpc) is 2.68. The summed E-state index contributed by atoms with van der Waals surface area (Å²) in [6.07, 6.45) is 6.74.